The Morgan fingerprint density at radius 1 is 1.12 bits per heavy atom. The average molecular weight is 339 g/mol. The van der Waals surface area contributed by atoms with Crippen molar-refractivity contribution in [2.24, 2.45) is 29.6 Å². The van der Waals surface area contributed by atoms with Gasteiger partial charge in [0.1, 0.15) is 0 Å². The van der Waals surface area contributed by atoms with Gasteiger partial charge in [0, 0.05) is 29.3 Å². The lowest BCUT2D eigenvalue weighted by Crippen LogP contribution is -2.49. The number of anilines is 1. The Labute approximate surface area is 145 Å². The number of rotatable bonds is 3. The van der Waals surface area contributed by atoms with Crippen LogP contribution in [0, 0.1) is 29.6 Å². The third-order valence-electron chi connectivity index (χ3n) is 6.22. The van der Waals surface area contributed by atoms with Crippen LogP contribution in [-0.2, 0) is 4.79 Å². The second-order valence-electron chi connectivity index (χ2n) is 7.73. The molecule has 6 rings (SSSR count). The number of carbonyl (C=O) groups is 1. The fourth-order valence-corrected chi connectivity index (χ4v) is 6.24. The van der Waals surface area contributed by atoms with Crippen LogP contribution < -0.4 is 5.32 Å². The van der Waals surface area contributed by atoms with Gasteiger partial charge in [-0.3, -0.25) is 9.78 Å². The van der Waals surface area contributed by atoms with Crippen LogP contribution in [0.25, 0.3) is 11.3 Å². The number of hydrogen-bond acceptors (Lipinski definition) is 4. The number of carbonyl (C=O) groups excluding carboxylic acids is 1. The normalized spacial score (nSPS) is 33.6. The van der Waals surface area contributed by atoms with E-state index < -0.39 is 0 Å². The molecule has 4 fully saturated rings. The van der Waals surface area contributed by atoms with Gasteiger partial charge < -0.3 is 5.32 Å². The number of nitrogens with one attached hydrogen (secondary N) is 1. The monoisotopic (exact) mass is 339 g/mol. The predicted octanol–water partition coefficient (Wildman–Crippen LogP) is 4.22. The highest BCUT2D eigenvalue weighted by atomic mass is 32.1. The van der Waals surface area contributed by atoms with Crippen LogP contribution in [0.1, 0.15) is 32.1 Å². The Morgan fingerprint density at radius 2 is 1.88 bits per heavy atom. The molecule has 0 aliphatic heterocycles. The Bertz CT molecular complexity index is 729. The van der Waals surface area contributed by atoms with E-state index in [1.54, 1.807) is 12.4 Å². The number of nitrogens with zero attached hydrogens (tertiary/aromatic N) is 2. The summed E-state index contributed by atoms with van der Waals surface area (Å²) >= 11 is 1.50. The summed E-state index contributed by atoms with van der Waals surface area (Å²) in [6.07, 6.45) is 10.0. The predicted molar refractivity (Wildman–Crippen MR) is 94.5 cm³/mol. The summed E-state index contributed by atoms with van der Waals surface area (Å²) in [6.45, 7) is 0. The molecule has 5 heteroatoms. The molecule has 1 amide bonds. The largest absolute Gasteiger partial charge is 0.302 e. The van der Waals surface area contributed by atoms with Gasteiger partial charge in [-0.2, -0.15) is 0 Å². The molecular formula is C19H21N3OS. The van der Waals surface area contributed by atoms with Crippen molar-refractivity contribution in [2.45, 2.75) is 32.1 Å². The molecular weight excluding hydrogens is 318 g/mol. The number of pyridine rings is 1. The Hall–Kier alpha value is -1.75. The first-order valence-electron chi connectivity index (χ1n) is 8.93. The minimum absolute atomic E-state index is 0.205. The van der Waals surface area contributed by atoms with Crippen molar-refractivity contribution < 1.29 is 4.79 Å². The van der Waals surface area contributed by atoms with Crippen molar-refractivity contribution in [1.29, 1.82) is 0 Å². The van der Waals surface area contributed by atoms with Gasteiger partial charge in [-0.25, -0.2) is 4.98 Å². The van der Waals surface area contributed by atoms with Crippen LogP contribution in [0.15, 0.2) is 29.9 Å². The third-order valence-corrected chi connectivity index (χ3v) is 6.98. The molecule has 0 aromatic carbocycles. The quantitative estimate of drug-likeness (QED) is 0.911. The summed E-state index contributed by atoms with van der Waals surface area (Å²) < 4.78 is 0. The lowest BCUT2D eigenvalue weighted by molar-refractivity contribution is -0.132. The van der Waals surface area contributed by atoms with E-state index >= 15 is 0 Å². The van der Waals surface area contributed by atoms with Crippen LogP contribution in [0.3, 0.4) is 0 Å². The van der Waals surface area contributed by atoms with E-state index in [4.69, 9.17) is 0 Å². The highest BCUT2D eigenvalue weighted by molar-refractivity contribution is 7.14. The number of amides is 1. The fraction of sp³-hybridized carbons (Fsp3) is 0.526. The van der Waals surface area contributed by atoms with Crippen LogP contribution >= 0.6 is 11.3 Å². The first-order chi connectivity index (χ1) is 11.8. The summed E-state index contributed by atoms with van der Waals surface area (Å²) in [6, 6.07) is 3.90. The van der Waals surface area contributed by atoms with E-state index in [0.29, 0.717) is 17.0 Å². The molecule has 24 heavy (non-hydrogen) atoms. The van der Waals surface area contributed by atoms with Gasteiger partial charge in [0.2, 0.25) is 5.91 Å². The van der Waals surface area contributed by atoms with Crippen LogP contribution in [0.4, 0.5) is 5.13 Å². The molecule has 4 aliphatic carbocycles. The molecule has 2 aromatic rings. The Balaban J connectivity index is 1.32. The fourth-order valence-electron chi connectivity index (χ4n) is 5.52. The average Bonchev–Trinajstić information content (AvgIpc) is 3.03. The van der Waals surface area contributed by atoms with Crippen molar-refractivity contribution >= 4 is 22.4 Å². The zero-order chi connectivity index (χ0) is 16.1. The first kappa shape index (κ1) is 14.6. The zero-order valence-corrected chi connectivity index (χ0v) is 14.3. The van der Waals surface area contributed by atoms with Gasteiger partial charge in [0.05, 0.1) is 5.69 Å². The standard InChI is InChI=1S/C19H21N3OS/c23-18(17-14-5-11-4-12(7-14)8-15(17)6-11)22-19-21-16(10-24-19)13-2-1-3-20-9-13/h1-3,9-12,14-15,17H,4-8H2,(H,21,22,23). The van der Waals surface area contributed by atoms with Crippen molar-refractivity contribution in [3.63, 3.8) is 0 Å². The number of hydrogen-bond donors (Lipinski definition) is 1. The third kappa shape index (κ3) is 2.46. The molecule has 2 aromatic heterocycles. The highest BCUT2D eigenvalue weighted by Gasteiger charge is 2.50. The van der Waals surface area contributed by atoms with Crippen molar-refractivity contribution in [3.05, 3.63) is 29.9 Å². The summed E-state index contributed by atoms with van der Waals surface area (Å²) in [5.74, 6) is 3.43. The lowest BCUT2D eigenvalue weighted by Gasteiger charge is -2.53. The summed E-state index contributed by atoms with van der Waals surface area (Å²) in [4.78, 5) is 21.6. The maximum absolute atomic E-state index is 12.9. The van der Waals surface area contributed by atoms with Gasteiger partial charge in [-0.05, 0) is 67.9 Å². The van der Waals surface area contributed by atoms with Crippen molar-refractivity contribution in [2.75, 3.05) is 5.32 Å². The van der Waals surface area contributed by atoms with E-state index in [0.717, 1.165) is 23.1 Å². The molecule has 2 heterocycles. The van der Waals surface area contributed by atoms with E-state index in [1.807, 2.05) is 17.5 Å². The molecule has 124 valence electrons. The maximum atomic E-state index is 12.9. The van der Waals surface area contributed by atoms with Crippen LogP contribution in [-0.4, -0.2) is 15.9 Å². The zero-order valence-electron chi connectivity index (χ0n) is 13.5. The Kier molecular flexibility index (Phi) is 3.44. The number of aromatic nitrogens is 2. The van der Waals surface area contributed by atoms with E-state index in [-0.39, 0.29) is 11.8 Å². The minimum Gasteiger partial charge on any atom is -0.302 e. The van der Waals surface area contributed by atoms with Gasteiger partial charge in [-0.1, -0.05) is 0 Å². The lowest BCUT2D eigenvalue weighted by atomic mass is 9.51. The first-order valence-corrected chi connectivity index (χ1v) is 9.81. The van der Waals surface area contributed by atoms with Gasteiger partial charge in [0.15, 0.2) is 5.13 Å². The van der Waals surface area contributed by atoms with Gasteiger partial charge in [0.25, 0.3) is 0 Å². The molecule has 4 bridgehead atoms. The summed E-state index contributed by atoms with van der Waals surface area (Å²) in [7, 11) is 0. The molecule has 0 saturated heterocycles. The van der Waals surface area contributed by atoms with E-state index in [9.17, 15) is 4.79 Å². The second kappa shape index (κ2) is 5.66. The number of thiazole rings is 1. The van der Waals surface area contributed by atoms with Gasteiger partial charge >= 0.3 is 0 Å². The minimum atomic E-state index is 0.205. The summed E-state index contributed by atoms with van der Waals surface area (Å²) in [5, 5.41) is 5.81. The molecule has 1 N–H and O–H groups in total. The molecule has 0 atom stereocenters. The molecule has 0 unspecified atom stereocenters. The van der Waals surface area contributed by atoms with Gasteiger partial charge in [-0.15, -0.1) is 11.3 Å². The molecule has 0 radical (unpaired) electrons. The van der Waals surface area contributed by atoms with Crippen LogP contribution in [0.2, 0.25) is 0 Å². The smallest absolute Gasteiger partial charge is 0.229 e. The van der Waals surface area contributed by atoms with Crippen molar-refractivity contribution in [1.82, 2.24) is 9.97 Å². The maximum Gasteiger partial charge on any atom is 0.229 e. The Morgan fingerprint density at radius 3 is 2.54 bits per heavy atom. The molecule has 4 saturated carbocycles. The molecule has 4 aliphatic rings. The van der Waals surface area contributed by atoms with E-state index in [2.05, 4.69) is 15.3 Å². The van der Waals surface area contributed by atoms with E-state index in [1.165, 1.54) is 43.4 Å². The molecule has 4 nitrogen and oxygen atoms in total. The van der Waals surface area contributed by atoms with Crippen molar-refractivity contribution in [3.8, 4) is 11.3 Å². The highest BCUT2D eigenvalue weighted by Crippen LogP contribution is 2.56. The second-order valence-corrected chi connectivity index (χ2v) is 8.58. The summed E-state index contributed by atoms with van der Waals surface area (Å²) in [5.41, 5.74) is 1.87. The SMILES string of the molecule is O=C(Nc1nc(-c2cccnc2)cs1)C1C2CC3CC(C2)CC1C3. The topological polar surface area (TPSA) is 54.9 Å². The van der Waals surface area contributed by atoms with Crippen LogP contribution in [0.5, 0.6) is 0 Å². The molecule has 0 spiro atoms.